The van der Waals surface area contributed by atoms with Gasteiger partial charge in [-0.2, -0.15) is 0 Å². The topological polar surface area (TPSA) is 29.1 Å². The van der Waals surface area contributed by atoms with Crippen LogP contribution in [0.1, 0.15) is 13.8 Å². The zero-order valence-electron chi connectivity index (χ0n) is 8.13. The van der Waals surface area contributed by atoms with Crippen molar-refractivity contribution < 1.29 is 56.9 Å². The third-order valence-corrected chi connectivity index (χ3v) is 1.79. The first-order chi connectivity index (χ1) is 5.20. The standard InChI is InChI=1S/C8H10NO.CH3.W.Y/c1-4-5-6-7(2)9-8(3)10;;;/h2,5-6H,1,3H3,(H,9,10);1H3;;/q2*-1;;. The SMILES string of the molecule is C[C-]=CC=C([CH]=[W])NC(C)=O.[CH3-].[Y]. The van der Waals surface area contributed by atoms with Crippen LogP contribution in [0.4, 0.5) is 0 Å². The van der Waals surface area contributed by atoms with E-state index in [-0.39, 0.29) is 46.0 Å². The van der Waals surface area contributed by atoms with E-state index in [2.05, 4.69) is 11.4 Å². The fraction of sp³-hybridized carbons (Fsp3) is 0.222. The van der Waals surface area contributed by atoms with Gasteiger partial charge in [-0.3, -0.25) is 0 Å². The smallest absolute Gasteiger partial charge is 0 e. The number of hydrogen-bond acceptors (Lipinski definition) is 1. The van der Waals surface area contributed by atoms with Crippen LogP contribution in [0.5, 0.6) is 0 Å². The summed E-state index contributed by atoms with van der Waals surface area (Å²) in [4.78, 5) is 10.6. The molecular formula is C9H13NOWY-2. The molecule has 0 spiro atoms. The van der Waals surface area contributed by atoms with Crippen LogP contribution in [0.15, 0.2) is 17.8 Å². The van der Waals surface area contributed by atoms with Crippen LogP contribution in [0.2, 0.25) is 0 Å². The van der Waals surface area contributed by atoms with Gasteiger partial charge in [0.25, 0.3) is 0 Å². The Morgan fingerprint density at radius 2 is 2.08 bits per heavy atom. The Morgan fingerprint density at radius 3 is 2.38 bits per heavy atom. The van der Waals surface area contributed by atoms with Crippen LogP contribution in [0.25, 0.3) is 0 Å². The Labute approximate surface area is 117 Å². The zero-order valence-corrected chi connectivity index (χ0v) is 13.9. The van der Waals surface area contributed by atoms with Crippen molar-refractivity contribution in [1.29, 1.82) is 0 Å². The molecule has 0 unspecified atom stereocenters. The number of carbonyl (C=O) groups is 1. The van der Waals surface area contributed by atoms with Crippen LogP contribution in [-0.2, 0) is 56.9 Å². The van der Waals surface area contributed by atoms with E-state index in [1.807, 2.05) is 17.4 Å². The average Bonchev–Trinajstić information content (AvgIpc) is 1.97. The maximum absolute atomic E-state index is 10.6. The molecule has 0 rings (SSSR count). The third-order valence-electron chi connectivity index (χ3n) is 0.877. The van der Waals surface area contributed by atoms with Crippen molar-refractivity contribution in [2.75, 3.05) is 0 Å². The fourth-order valence-corrected chi connectivity index (χ4v) is 0.981. The molecule has 1 radical (unpaired) electrons. The van der Waals surface area contributed by atoms with E-state index in [0.717, 1.165) is 5.70 Å². The zero-order chi connectivity index (χ0) is 8.69. The second-order valence-electron chi connectivity index (χ2n) is 1.88. The molecule has 4 heteroatoms. The number of allylic oxidation sites excluding steroid dienone is 4. The Morgan fingerprint density at radius 1 is 1.54 bits per heavy atom. The quantitative estimate of drug-likeness (QED) is 0.536. The normalized spacial score (nSPS) is 9.85. The molecule has 0 aliphatic carbocycles. The number of carbonyl (C=O) groups excluding carboxylic acids is 1. The Hall–Kier alpha value is 0.612. The molecular weight excluding hydrogens is 411 g/mol. The molecule has 71 valence electrons. The molecule has 13 heavy (non-hydrogen) atoms. The molecule has 0 aromatic carbocycles. The van der Waals surface area contributed by atoms with Gasteiger partial charge in [0, 0.05) is 32.7 Å². The maximum atomic E-state index is 10.6. The van der Waals surface area contributed by atoms with E-state index in [1.54, 1.807) is 6.08 Å². The molecule has 1 amide bonds. The summed E-state index contributed by atoms with van der Waals surface area (Å²) in [7, 11) is 0. The van der Waals surface area contributed by atoms with Crippen molar-refractivity contribution in [3.05, 3.63) is 31.4 Å². The molecule has 0 heterocycles. The summed E-state index contributed by atoms with van der Waals surface area (Å²) < 4.78 is 1.91. The molecule has 0 bridgehead atoms. The summed E-state index contributed by atoms with van der Waals surface area (Å²) in [5.74, 6) is -0.0433. The molecule has 1 N–H and O–H groups in total. The first-order valence-corrected chi connectivity index (χ1v) is 4.83. The van der Waals surface area contributed by atoms with E-state index in [0.29, 0.717) is 0 Å². The number of hydrogen-bond donors (Lipinski definition) is 1. The van der Waals surface area contributed by atoms with Crippen LogP contribution >= 0.6 is 0 Å². The van der Waals surface area contributed by atoms with E-state index >= 15 is 0 Å². The summed E-state index contributed by atoms with van der Waals surface area (Å²) in [6, 6.07) is 0. The number of rotatable bonds is 3. The molecule has 2 nitrogen and oxygen atoms in total. The fourth-order valence-electron chi connectivity index (χ4n) is 0.487. The van der Waals surface area contributed by atoms with Gasteiger partial charge in [0.05, 0.1) is 0 Å². The Bertz CT molecular complexity index is 212. The van der Waals surface area contributed by atoms with Crippen molar-refractivity contribution in [2.24, 2.45) is 0 Å². The van der Waals surface area contributed by atoms with Gasteiger partial charge in [-0.05, 0) is 0 Å². The molecule has 0 aliphatic heterocycles. The number of amides is 1. The summed E-state index contributed by atoms with van der Waals surface area (Å²) >= 11 is 1.31. The van der Waals surface area contributed by atoms with E-state index in [9.17, 15) is 4.79 Å². The summed E-state index contributed by atoms with van der Waals surface area (Å²) in [6.07, 6.45) is 6.42. The van der Waals surface area contributed by atoms with Gasteiger partial charge in [0.1, 0.15) is 0 Å². The van der Waals surface area contributed by atoms with Gasteiger partial charge >= 0.3 is 77.5 Å². The van der Waals surface area contributed by atoms with E-state index < -0.39 is 0 Å². The molecule has 0 aromatic rings. The predicted molar refractivity (Wildman–Crippen MR) is 47.9 cm³/mol. The monoisotopic (exact) mass is 424 g/mol. The first-order valence-electron chi connectivity index (χ1n) is 3.14. The van der Waals surface area contributed by atoms with Gasteiger partial charge < -0.3 is 7.43 Å². The molecule has 0 atom stereocenters. The van der Waals surface area contributed by atoms with Crippen molar-refractivity contribution in [3.63, 3.8) is 0 Å². The molecule has 0 saturated carbocycles. The first kappa shape index (κ1) is 19.2. The van der Waals surface area contributed by atoms with Crippen molar-refractivity contribution >= 4 is 10.3 Å². The van der Waals surface area contributed by atoms with Crippen LogP contribution in [0.3, 0.4) is 0 Å². The largest absolute Gasteiger partial charge is 0.358 e. The molecule has 0 aromatic heterocycles. The Kier molecular flexibility index (Phi) is 18.7. The second-order valence-corrected chi connectivity index (χ2v) is 2.72. The third kappa shape index (κ3) is 12.6. The minimum absolute atomic E-state index is 0. The minimum Gasteiger partial charge on any atom is -0.358 e. The van der Waals surface area contributed by atoms with Crippen molar-refractivity contribution in [2.45, 2.75) is 13.8 Å². The maximum Gasteiger partial charge on any atom is 0 e. The van der Waals surface area contributed by atoms with Gasteiger partial charge in [0.2, 0.25) is 0 Å². The minimum atomic E-state index is -0.0433. The second kappa shape index (κ2) is 12.6. The van der Waals surface area contributed by atoms with Crippen LogP contribution < -0.4 is 5.32 Å². The molecule has 0 aliphatic rings. The van der Waals surface area contributed by atoms with E-state index in [1.165, 1.54) is 26.3 Å². The predicted octanol–water partition coefficient (Wildman–Crippen LogP) is 1.18. The van der Waals surface area contributed by atoms with Gasteiger partial charge in [-0.25, -0.2) is 0 Å². The summed E-state index contributed by atoms with van der Waals surface area (Å²) in [6.45, 7) is 3.30. The summed E-state index contributed by atoms with van der Waals surface area (Å²) in [5, 5.41) is 2.68. The van der Waals surface area contributed by atoms with Gasteiger partial charge in [-0.15, -0.1) is 0 Å². The molecule has 0 fully saturated rings. The number of nitrogens with one attached hydrogen (secondary N) is 1. The van der Waals surface area contributed by atoms with Crippen molar-refractivity contribution in [1.82, 2.24) is 5.32 Å². The van der Waals surface area contributed by atoms with Gasteiger partial charge in [0.15, 0.2) is 0 Å². The van der Waals surface area contributed by atoms with E-state index in [4.69, 9.17) is 0 Å². The molecule has 0 saturated heterocycles. The van der Waals surface area contributed by atoms with Gasteiger partial charge in [-0.1, -0.05) is 0 Å². The average molecular weight is 424 g/mol. The Balaban J connectivity index is -0.000000500. The van der Waals surface area contributed by atoms with Crippen molar-refractivity contribution in [3.8, 4) is 0 Å². The van der Waals surface area contributed by atoms with Crippen LogP contribution in [0, 0.1) is 13.5 Å². The van der Waals surface area contributed by atoms with Crippen LogP contribution in [-0.4, -0.2) is 10.3 Å². The summed E-state index contributed by atoms with van der Waals surface area (Å²) in [5.41, 5.74) is 0.835.